The summed E-state index contributed by atoms with van der Waals surface area (Å²) in [7, 11) is 0. The topological polar surface area (TPSA) is 113 Å². The van der Waals surface area contributed by atoms with Gasteiger partial charge in [-0.3, -0.25) is 14.5 Å². The SMILES string of the molecule is CCN(CC1CCC(CC(=O)O)CC1)c1ncc(-c2ccc(C(C)=O)s2)nc1CN1C(=O)O[C@H](c2cc(C(F)(F)F)cc(C(F)(F)F)c2)[C@@H]1C. The third-order valence-electron chi connectivity index (χ3n) is 9.27. The Morgan fingerprint density at radius 2 is 1.64 bits per heavy atom. The maximum absolute atomic E-state index is 13.6. The van der Waals surface area contributed by atoms with E-state index in [9.17, 15) is 45.8 Å². The molecule has 1 amide bonds. The van der Waals surface area contributed by atoms with Crippen molar-refractivity contribution < 1.29 is 50.6 Å². The molecule has 3 aromatic rings. The van der Waals surface area contributed by atoms with Crippen LogP contribution in [0.25, 0.3) is 10.6 Å². The quantitative estimate of drug-likeness (QED) is 0.154. The molecule has 0 bridgehead atoms. The molecule has 1 aromatic carbocycles. The zero-order valence-corrected chi connectivity index (χ0v) is 28.3. The first-order chi connectivity index (χ1) is 23.4. The van der Waals surface area contributed by atoms with Crippen molar-refractivity contribution in [3.05, 3.63) is 63.8 Å². The van der Waals surface area contributed by atoms with E-state index >= 15 is 0 Å². The van der Waals surface area contributed by atoms with Gasteiger partial charge < -0.3 is 14.7 Å². The molecule has 2 aliphatic rings. The van der Waals surface area contributed by atoms with Crippen LogP contribution in [0, 0.1) is 11.8 Å². The number of carbonyl (C=O) groups excluding carboxylic acids is 2. The summed E-state index contributed by atoms with van der Waals surface area (Å²) >= 11 is 1.21. The number of hydrogen-bond donors (Lipinski definition) is 1. The standard InChI is InChI=1S/C34H36F6N4O5S/c1-4-43(16-21-7-5-20(6-8-21)11-29(46)47)31-26(42-25(15-41-31)28-10-9-27(50-28)19(3)45)17-44-18(2)30(49-32(44)48)22-12-23(33(35,36)37)14-24(13-22)34(38,39)40/h9-10,12-15,18,20-21,30H,4-8,11,16-17H2,1-3H3,(H,46,47)/t18-,20?,21?,30-/m0/s1. The molecule has 16 heteroatoms. The van der Waals surface area contributed by atoms with Crippen molar-refractivity contribution in [1.82, 2.24) is 14.9 Å². The lowest BCUT2D eigenvalue weighted by atomic mass is 9.80. The largest absolute Gasteiger partial charge is 0.481 e. The number of ketones is 1. The lowest BCUT2D eigenvalue weighted by Crippen LogP contribution is -2.36. The van der Waals surface area contributed by atoms with Crippen LogP contribution in [0.3, 0.4) is 0 Å². The van der Waals surface area contributed by atoms with Crippen molar-refractivity contribution in [2.45, 2.75) is 83.9 Å². The number of anilines is 1. The number of aliphatic carboxylic acids is 1. The second-order valence-corrected chi connectivity index (χ2v) is 13.9. The van der Waals surface area contributed by atoms with E-state index < -0.39 is 53.3 Å². The highest BCUT2D eigenvalue weighted by molar-refractivity contribution is 7.17. The minimum absolute atomic E-state index is 0.0239. The van der Waals surface area contributed by atoms with Crippen molar-refractivity contribution in [3.8, 4) is 10.6 Å². The summed E-state index contributed by atoms with van der Waals surface area (Å²) in [6, 6.07) is 3.54. The van der Waals surface area contributed by atoms with Crippen LogP contribution < -0.4 is 4.90 Å². The predicted molar refractivity (Wildman–Crippen MR) is 172 cm³/mol. The lowest BCUT2D eigenvalue weighted by Gasteiger charge is -2.33. The number of ether oxygens (including phenoxy) is 1. The normalized spacial score (nSPS) is 21.3. The Hall–Kier alpha value is -4.21. The predicted octanol–water partition coefficient (Wildman–Crippen LogP) is 8.63. The van der Waals surface area contributed by atoms with Crippen LogP contribution in [0.15, 0.2) is 36.5 Å². The Morgan fingerprint density at radius 3 is 2.18 bits per heavy atom. The van der Waals surface area contributed by atoms with Crippen LogP contribution in [-0.4, -0.2) is 57.0 Å². The fourth-order valence-electron chi connectivity index (χ4n) is 6.58. The maximum atomic E-state index is 13.6. The molecule has 0 spiro atoms. The lowest BCUT2D eigenvalue weighted by molar-refractivity contribution is -0.143. The van der Waals surface area contributed by atoms with Gasteiger partial charge in [-0.05, 0) is 94.2 Å². The zero-order valence-electron chi connectivity index (χ0n) is 27.5. The van der Waals surface area contributed by atoms with Gasteiger partial charge in [-0.2, -0.15) is 26.3 Å². The summed E-state index contributed by atoms with van der Waals surface area (Å²) < 4.78 is 87.2. The molecule has 2 atom stereocenters. The number of Topliss-reactive ketones (excluding diaryl/α,β-unsaturated/α-hetero) is 1. The molecule has 0 unspecified atom stereocenters. The van der Waals surface area contributed by atoms with Crippen LogP contribution in [0.2, 0.25) is 0 Å². The number of nitrogens with zero attached hydrogens (tertiary/aromatic N) is 4. The second-order valence-electron chi connectivity index (χ2n) is 12.8. The molecule has 0 radical (unpaired) electrons. The highest BCUT2D eigenvalue weighted by Crippen LogP contribution is 2.42. The fraction of sp³-hybridized carbons (Fsp3) is 0.500. The summed E-state index contributed by atoms with van der Waals surface area (Å²) in [4.78, 5) is 50.3. The Morgan fingerprint density at radius 1 is 1.02 bits per heavy atom. The van der Waals surface area contributed by atoms with Crippen LogP contribution in [-0.2, 0) is 28.4 Å². The molecule has 2 fully saturated rings. The summed E-state index contributed by atoms with van der Waals surface area (Å²) in [5.41, 5.74) is -2.73. The molecule has 1 N–H and O–H groups in total. The molecule has 5 rings (SSSR count). The van der Waals surface area contributed by atoms with Crippen molar-refractivity contribution in [2.75, 3.05) is 18.0 Å². The Balaban J connectivity index is 1.47. The van der Waals surface area contributed by atoms with E-state index in [1.54, 1.807) is 18.3 Å². The first-order valence-corrected chi connectivity index (χ1v) is 17.0. The van der Waals surface area contributed by atoms with Crippen LogP contribution in [0.5, 0.6) is 0 Å². The number of hydrogen-bond acceptors (Lipinski definition) is 8. The first kappa shape index (κ1) is 37.1. The van der Waals surface area contributed by atoms with Gasteiger partial charge in [0.25, 0.3) is 0 Å². The van der Waals surface area contributed by atoms with E-state index in [-0.39, 0.29) is 36.7 Å². The molecule has 1 saturated heterocycles. The molecule has 9 nitrogen and oxygen atoms in total. The van der Waals surface area contributed by atoms with E-state index in [1.807, 2.05) is 11.8 Å². The second kappa shape index (κ2) is 14.6. The van der Waals surface area contributed by atoms with Crippen molar-refractivity contribution in [3.63, 3.8) is 0 Å². The average Bonchev–Trinajstić information content (AvgIpc) is 3.65. The van der Waals surface area contributed by atoms with Crippen LogP contribution in [0.1, 0.15) is 91.0 Å². The number of rotatable bonds is 11. The number of halogens is 6. The van der Waals surface area contributed by atoms with Gasteiger partial charge in [0.05, 0.1) is 45.4 Å². The molecule has 2 aromatic heterocycles. The van der Waals surface area contributed by atoms with Gasteiger partial charge >= 0.3 is 24.4 Å². The highest BCUT2D eigenvalue weighted by Gasteiger charge is 2.44. The van der Waals surface area contributed by atoms with Gasteiger partial charge in [0, 0.05) is 19.5 Å². The van der Waals surface area contributed by atoms with Gasteiger partial charge in [-0.1, -0.05) is 0 Å². The van der Waals surface area contributed by atoms with Gasteiger partial charge in [0.1, 0.15) is 11.8 Å². The monoisotopic (exact) mass is 726 g/mol. The smallest absolute Gasteiger partial charge is 0.416 e. The van der Waals surface area contributed by atoms with Gasteiger partial charge in [-0.15, -0.1) is 11.3 Å². The van der Waals surface area contributed by atoms with E-state index in [4.69, 9.17) is 14.7 Å². The number of carboxylic acids is 1. The Bertz CT molecular complexity index is 1710. The van der Waals surface area contributed by atoms with Crippen LogP contribution >= 0.6 is 11.3 Å². The van der Waals surface area contributed by atoms with Crippen LogP contribution in [0.4, 0.5) is 37.0 Å². The summed E-state index contributed by atoms with van der Waals surface area (Å²) in [5.74, 6) is -0.179. The summed E-state index contributed by atoms with van der Waals surface area (Å²) in [6.45, 7) is 5.68. The maximum Gasteiger partial charge on any atom is 0.416 e. The number of alkyl halides is 6. The molecular weight excluding hydrogens is 690 g/mol. The van der Waals surface area contributed by atoms with Crippen molar-refractivity contribution in [1.29, 1.82) is 0 Å². The van der Waals surface area contributed by atoms with Crippen molar-refractivity contribution >= 4 is 35.0 Å². The molecule has 50 heavy (non-hydrogen) atoms. The van der Waals surface area contributed by atoms with E-state index in [0.717, 1.165) is 25.7 Å². The molecule has 1 aliphatic carbocycles. The Labute approximate surface area is 288 Å². The molecular formula is C34H36F6N4O5S. The van der Waals surface area contributed by atoms with Gasteiger partial charge in [-0.25, -0.2) is 14.8 Å². The number of carboxylic acid groups (broad SMARTS) is 1. The number of aromatic nitrogens is 2. The third-order valence-corrected chi connectivity index (χ3v) is 10.5. The molecule has 1 aliphatic heterocycles. The first-order valence-electron chi connectivity index (χ1n) is 16.1. The average molecular weight is 727 g/mol. The van der Waals surface area contributed by atoms with Crippen molar-refractivity contribution in [2.24, 2.45) is 11.8 Å². The van der Waals surface area contributed by atoms with E-state index in [2.05, 4.69) is 0 Å². The number of carbonyl (C=O) groups is 3. The molecule has 1 saturated carbocycles. The van der Waals surface area contributed by atoms with Gasteiger partial charge in [0.15, 0.2) is 11.6 Å². The van der Waals surface area contributed by atoms with E-state index in [0.29, 0.717) is 52.2 Å². The zero-order chi connectivity index (χ0) is 36.5. The third kappa shape index (κ3) is 8.38. The summed E-state index contributed by atoms with van der Waals surface area (Å²) in [6.07, 6.45) is -7.69. The minimum atomic E-state index is -5.07. The van der Waals surface area contributed by atoms with E-state index in [1.165, 1.54) is 30.1 Å². The van der Waals surface area contributed by atoms with Gasteiger partial charge in [0.2, 0.25) is 0 Å². The molecule has 270 valence electrons. The Kier molecular flexibility index (Phi) is 10.8. The fourth-order valence-corrected chi connectivity index (χ4v) is 7.44. The highest BCUT2D eigenvalue weighted by atomic mass is 32.1. The molecule has 3 heterocycles. The number of cyclic esters (lactones) is 1. The minimum Gasteiger partial charge on any atom is -0.481 e. The number of thiophene rings is 1. The number of amides is 1. The number of benzene rings is 1. The summed E-state index contributed by atoms with van der Waals surface area (Å²) in [5, 5.41) is 9.19.